The van der Waals surface area contributed by atoms with Gasteiger partial charge in [0, 0.05) is 18.1 Å². The Morgan fingerprint density at radius 3 is 2.65 bits per heavy atom. The first kappa shape index (κ1) is 12.1. The third-order valence-electron chi connectivity index (χ3n) is 2.30. The molecular formula is C12H12F2N2S. The second kappa shape index (κ2) is 5.82. The minimum absolute atomic E-state index is 0.418. The summed E-state index contributed by atoms with van der Waals surface area (Å²) in [5.41, 5.74) is 1.19. The van der Waals surface area contributed by atoms with Gasteiger partial charge in [-0.25, -0.2) is 4.98 Å². The van der Waals surface area contributed by atoms with Crippen LogP contribution in [-0.2, 0) is 11.5 Å². The maximum Gasteiger partial charge on any atom is 0.319 e. The molecule has 0 aliphatic rings. The molecule has 0 saturated heterocycles. The minimum atomic E-state index is -2.51. The zero-order chi connectivity index (χ0) is 12.1. The Hall–Kier alpha value is -1.36. The van der Waals surface area contributed by atoms with Gasteiger partial charge in [0.1, 0.15) is 5.82 Å². The van der Waals surface area contributed by atoms with Gasteiger partial charge in [0.05, 0.1) is 5.75 Å². The highest BCUT2D eigenvalue weighted by Gasteiger charge is 2.10. The molecule has 2 rings (SSSR count). The topological polar surface area (TPSA) is 17.8 Å². The van der Waals surface area contributed by atoms with Crippen molar-refractivity contribution in [3.05, 3.63) is 54.1 Å². The highest BCUT2D eigenvalue weighted by atomic mass is 32.2. The van der Waals surface area contributed by atoms with E-state index in [2.05, 4.69) is 4.98 Å². The number of imidazole rings is 1. The summed E-state index contributed by atoms with van der Waals surface area (Å²) in [4.78, 5) is 3.93. The fourth-order valence-corrected chi connectivity index (χ4v) is 2.40. The van der Waals surface area contributed by atoms with E-state index in [1.165, 1.54) is 18.0 Å². The van der Waals surface area contributed by atoms with Crippen LogP contribution in [0.1, 0.15) is 17.9 Å². The predicted molar refractivity (Wildman–Crippen MR) is 64.9 cm³/mol. The summed E-state index contributed by atoms with van der Waals surface area (Å²) in [5, 5.41) is 0. The van der Waals surface area contributed by atoms with Crippen molar-refractivity contribution in [1.82, 2.24) is 9.55 Å². The van der Waals surface area contributed by atoms with Crippen molar-refractivity contribution < 1.29 is 8.78 Å². The number of hydrogen-bond donors (Lipinski definition) is 0. The van der Waals surface area contributed by atoms with Gasteiger partial charge in [-0.1, -0.05) is 30.3 Å². The Morgan fingerprint density at radius 2 is 1.94 bits per heavy atom. The number of nitrogens with zero attached hydrogens (tertiary/aromatic N) is 2. The van der Waals surface area contributed by atoms with Gasteiger partial charge in [-0.05, 0) is 5.56 Å². The highest BCUT2D eigenvalue weighted by Crippen LogP contribution is 2.20. The Morgan fingerprint density at radius 1 is 1.18 bits per heavy atom. The van der Waals surface area contributed by atoms with Crippen LogP contribution in [0.25, 0.3) is 0 Å². The molecule has 1 aromatic carbocycles. The van der Waals surface area contributed by atoms with Crippen LogP contribution in [0.3, 0.4) is 0 Å². The Balaban J connectivity index is 1.88. The van der Waals surface area contributed by atoms with Crippen molar-refractivity contribution in [3.8, 4) is 0 Å². The third kappa shape index (κ3) is 3.30. The van der Waals surface area contributed by atoms with E-state index in [0.717, 1.165) is 10.3 Å². The van der Waals surface area contributed by atoms with E-state index in [4.69, 9.17) is 0 Å². The summed E-state index contributed by atoms with van der Waals surface area (Å²) in [5.74, 6) is 1.71. The summed E-state index contributed by atoms with van der Waals surface area (Å²) in [7, 11) is 0. The third-order valence-corrected chi connectivity index (χ3v) is 3.30. The first-order valence-corrected chi connectivity index (χ1v) is 6.34. The van der Waals surface area contributed by atoms with Gasteiger partial charge in [0.2, 0.25) is 0 Å². The summed E-state index contributed by atoms with van der Waals surface area (Å²) >= 11 is 1.58. The van der Waals surface area contributed by atoms with E-state index < -0.39 is 6.55 Å². The smallest absolute Gasteiger partial charge is 0.277 e. The second-order valence-corrected chi connectivity index (χ2v) is 4.49. The molecule has 2 aromatic rings. The predicted octanol–water partition coefficient (Wildman–Crippen LogP) is 3.71. The molecule has 0 spiro atoms. The van der Waals surface area contributed by atoms with Crippen molar-refractivity contribution in [3.63, 3.8) is 0 Å². The minimum Gasteiger partial charge on any atom is -0.277 e. The molecule has 1 heterocycles. The summed E-state index contributed by atoms with van der Waals surface area (Å²) < 4.78 is 26.0. The van der Waals surface area contributed by atoms with E-state index in [1.54, 1.807) is 11.8 Å². The molecule has 0 unspecified atom stereocenters. The van der Waals surface area contributed by atoms with Crippen LogP contribution in [0.5, 0.6) is 0 Å². The van der Waals surface area contributed by atoms with E-state index in [9.17, 15) is 8.78 Å². The molecular weight excluding hydrogens is 242 g/mol. The number of benzene rings is 1. The number of rotatable bonds is 5. The summed E-state index contributed by atoms with van der Waals surface area (Å²) in [6.07, 6.45) is 2.72. The normalized spacial score (nSPS) is 11.0. The zero-order valence-corrected chi connectivity index (χ0v) is 9.91. The summed E-state index contributed by atoms with van der Waals surface area (Å²) in [6, 6.07) is 9.93. The molecule has 5 heteroatoms. The number of thioether (sulfide) groups is 1. The number of halogens is 2. The average Bonchev–Trinajstić information content (AvgIpc) is 2.79. The fourth-order valence-electron chi connectivity index (χ4n) is 1.47. The van der Waals surface area contributed by atoms with Crippen molar-refractivity contribution in [2.75, 3.05) is 0 Å². The highest BCUT2D eigenvalue weighted by molar-refractivity contribution is 7.97. The van der Waals surface area contributed by atoms with Crippen molar-refractivity contribution in [2.24, 2.45) is 0 Å². The van der Waals surface area contributed by atoms with Crippen molar-refractivity contribution >= 4 is 11.8 Å². The van der Waals surface area contributed by atoms with E-state index in [0.29, 0.717) is 11.6 Å². The van der Waals surface area contributed by atoms with E-state index >= 15 is 0 Å². The lowest BCUT2D eigenvalue weighted by atomic mass is 10.2. The fraction of sp³-hybridized carbons (Fsp3) is 0.250. The van der Waals surface area contributed by atoms with Gasteiger partial charge >= 0.3 is 6.55 Å². The van der Waals surface area contributed by atoms with Gasteiger partial charge in [0.15, 0.2) is 0 Å². The zero-order valence-electron chi connectivity index (χ0n) is 9.09. The lowest BCUT2D eigenvalue weighted by Gasteiger charge is -2.06. The van der Waals surface area contributed by atoms with Gasteiger partial charge in [-0.3, -0.25) is 4.57 Å². The van der Waals surface area contributed by atoms with Gasteiger partial charge in [0.25, 0.3) is 0 Å². The molecule has 0 fully saturated rings. The number of alkyl halides is 2. The van der Waals surface area contributed by atoms with Gasteiger partial charge < -0.3 is 0 Å². The molecule has 2 nitrogen and oxygen atoms in total. The molecule has 0 radical (unpaired) electrons. The monoisotopic (exact) mass is 254 g/mol. The standard InChI is InChI=1S/C12H12F2N2S/c13-12(14)16-7-6-15-11(16)9-17-8-10-4-2-1-3-5-10/h1-7,12H,8-9H2. The van der Waals surface area contributed by atoms with Crippen LogP contribution >= 0.6 is 11.8 Å². The molecule has 90 valence electrons. The quantitative estimate of drug-likeness (QED) is 0.809. The van der Waals surface area contributed by atoms with Crippen molar-refractivity contribution in [1.29, 1.82) is 0 Å². The Bertz CT molecular complexity index is 457. The van der Waals surface area contributed by atoms with Crippen LogP contribution in [0.4, 0.5) is 8.78 Å². The average molecular weight is 254 g/mol. The Kier molecular flexibility index (Phi) is 4.14. The molecule has 17 heavy (non-hydrogen) atoms. The molecule has 0 amide bonds. The molecule has 0 bridgehead atoms. The van der Waals surface area contributed by atoms with Gasteiger partial charge in [-0.15, -0.1) is 11.8 Å². The van der Waals surface area contributed by atoms with Crippen molar-refractivity contribution in [2.45, 2.75) is 18.1 Å². The van der Waals surface area contributed by atoms with E-state index in [-0.39, 0.29) is 0 Å². The lowest BCUT2D eigenvalue weighted by Crippen LogP contribution is -2.02. The maximum atomic E-state index is 12.5. The maximum absolute atomic E-state index is 12.5. The second-order valence-electron chi connectivity index (χ2n) is 3.51. The van der Waals surface area contributed by atoms with E-state index in [1.807, 2.05) is 30.3 Å². The lowest BCUT2D eigenvalue weighted by molar-refractivity contribution is 0.0678. The number of hydrogen-bond acceptors (Lipinski definition) is 2. The van der Waals surface area contributed by atoms with Crippen LogP contribution in [0.15, 0.2) is 42.7 Å². The molecule has 0 atom stereocenters. The van der Waals surface area contributed by atoms with Crippen LogP contribution in [0.2, 0.25) is 0 Å². The van der Waals surface area contributed by atoms with Crippen LogP contribution in [0, 0.1) is 0 Å². The SMILES string of the molecule is FC(F)n1ccnc1CSCc1ccccc1. The largest absolute Gasteiger partial charge is 0.319 e. The summed E-state index contributed by atoms with van der Waals surface area (Å²) in [6.45, 7) is -2.51. The molecule has 0 N–H and O–H groups in total. The first-order chi connectivity index (χ1) is 8.27. The van der Waals surface area contributed by atoms with Crippen LogP contribution in [-0.4, -0.2) is 9.55 Å². The van der Waals surface area contributed by atoms with Crippen LogP contribution < -0.4 is 0 Å². The molecule has 1 aromatic heterocycles. The number of aromatic nitrogens is 2. The first-order valence-electron chi connectivity index (χ1n) is 5.19. The molecule has 0 saturated carbocycles. The molecule has 0 aliphatic heterocycles. The Labute approximate surface area is 103 Å². The van der Waals surface area contributed by atoms with Gasteiger partial charge in [-0.2, -0.15) is 8.78 Å². The molecule has 0 aliphatic carbocycles.